The number of halogens is 1. The number of likely N-dealkylation sites (tertiary alicyclic amines) is 1. The minimum Gasteiger partial charge on any atom is -0.489 e. The van der Waals surface area contributed by atoms with Crippen LogP contribution in [0.2, 0.25) is 5.02 Å². The summed E-state index contributed by atoms with van der Waals surface area (Å²) in [6.07, 6.45) is 9.78. The van der Waals surface area contributed by atoms with Crippen LogP contribution in [0.15, 0.2) is 35.0 Å². The summed E-state index contributed by atoms with van der Waals surface area (Å²) in [5.41, 5.74) is 4.46. The Kier molecular flexibility index (Phi) is 7.40. The van der Waals surface area contributed by atoms with Crippen molar-refractivity contribution in [3.63, 3.8) is 0 Å². The minimum absolute atomic E-state index is 0.00146. The molecule has 2 aromatic heterocycles. The molecule has 1 unspecified atom stereocenters. The van der Waals surface area contributed by atoms with Crippen LogP contribution in [0, 0.1) is 5.92 Å². The van der Waals surface area contributed by atoms with Gasteiger partial charge in [-0.05, 0) is 81.9 Å². The van der Waals surface area contributed by atoms with E-state index in [2.05, 4.69) is 40.0 Å². The van der Waals surface area contributed by atoms with E-state index in [9.17, 15) is 9.90 Å². The molecular formula is C28H33ClN4O4. The Morgan fingerprint density at radius 2 is 2.08 bits per heavy atom. The Morgan fingerprint density at radius 3 is 2.78 bits per heavy atom. The average Bonchev–Trinajstić information content (AvgIpc) is 3.49. The van der Waals surface area contributed by atoms with E-state index >= 15 is 0 Å². The van der Waals surface area contributed by atoms with Gasteiger partial charge in [0.2, 0.25) is 0 Å². The van der Waals surface area contributed by atoms with Crippen LogP contribution in [0.3, 0.4) is 0 Å². The third kappa shape index (κ3) is 5.45. The fraction of sp³-hybridized carbons (Fsp3) is 0.464. The molecule has 0 spiro atoms. The van der Waals surface area contributed by atoms with Crippen molar-refractivity contribution in [3.05, 3.63) is 58.1 Å². The third-order valence-corrected chi connectivity index (χ3v) is 7.56. The highest BCUT2D eigenvalue weighted by Gasteiger charge is 2.29. The zero-order valence-corrected chi connectivity index (χ0v) is 22.2. The molecule has 3 heterocycles. The molecule has 9 heteroatoms. The number of piperidine rings is 1. The topological polar surface area (TPSA) is 93.6 Å². The number of fused-ring (bicyclic) bond motifs is 1. The first-order valence-corrected chi connectivity index (χ1v) is 13.3. The van der Waals surface area contributed by atoms with Gasteiger partial charge in [0.1, 0.15) is 5.75 Å². The predicted octanol–water partition coefficient (Wildman–Crippen LogP) is 5.40. The molecule has 1 aromatic carbocycles. The molecule has 0 bridgehead atoms. The van der Waals surface area contributed by atoms with E-state index < -0.39 is 5.97 Å². The van der Waals surface area contributed by atoms with Crippen LogP contribution < -0.4 is 4.74 Å². The SMILES string of the molecule is CC(C)Oc1ccc(-c2nc(C3CC=Cc4c(CCN5CCC(C(=O)O)CC5)cn(C)c43)no2)cc1Cl. The van der Waals surface area contributed by atoms with Gasteiger partial charge in [-0.2, -0.15) is 4.98 Å². The molecule has 0 amide bonds. The van der Waals surface area contributed by atoms with Crippen LogP contribution in [0.25, 0.3) is 17.5 Å². The minimum atomic E-state index is -0.669. The number of aryl methyl sites for hydroxylation is 1. The lowest BCUT2D eigenvalue weighted by atomic mass is 9.90. The van der Waals surface area contributed by atoms with Crippen molar-refractivity contribution in [1.82, 2.24) is 19.6 Å². The van der Waals surface area contributed by atoms with Gasteiger partial charge in [-0.1, -0.05) is 28.9 Å². The summed E-state index contributed by atoms with van der Waals surface area (Å²) in [6, 6.07) is 5.51. The maximum atomic E-state index is 11.2. The molecule has 2 aliphatic rings. The highest BCUT2D eigenvalue weighted by molar-refractivity contribution is 6.32. The number of allylic oxidation sites excluding steroid dienone is 1. The number of nitrogens with zero attached hydrogens (tertiary/aromatic N) is 4. The molecule has 1 N–H and O–H groups in total. The maximum absolute atomic E-state index is 11.2. The molecule has 1 aliphatic carbocycles. The average molecular weight is 525 g/mol. The van der Waals surface area contributed by atoms with Gasteiger partial charge >= 0.3 is 5.97 Å². The zero-order valence-electron chi connectivity index (χ0n) is 21.5. The largest absolute Gasteiger partial charge is 0.489 e. The monoisotopic (exact) mass is 524 g/mol. The van der Waals surface area contributed by atoms with E-state index in [0.29, 0.717) is 22.5 Å². The Hall–Kier alpha value is -3.10. The van der Waals surface area contributed by atoms with E-state index in [1.165, 1.54) is 16.8 Å². The number of benzene rings is 1. The number of carboxylic acids is 1. The van der Waals surface area contributed by atoms with Crippen molar-refractivity contribution in [1.29, 1.82) is 0 Å². The van der Waals surface area contributed by atoms with E-state index in [-0.39, 0.29) is 17.9 Å². The zero-order chi connectivity index (χ0) is 26.1. The predicted molar refractivity (Wildman–Crippen MR) is 142 cm³/mol. The smallest absolute Gasteiger partial charge is 0.306 e. The van der Waals surface area contributed by atoms with Gasteiger partial charge in [-0.15, -0.1) is 0 Å². The number of aliphatic carboxylic acids is 1. The lowest BCUT2D eigenvalue weighted by molar-refractivity contribution is -0.143. The van der Waals surface area contributed by atoms with E-state index in [4.69, 9.17) is 25.8 Å². The highest BCUT2D eigenvalue weighted by atomic mass is 35.5. The Labute approximate surface area is 221 Å². The standard InChI is InChI=1S/C28H33ClN4O4/c1-17(2)36-24-8-7-19(15-23(24)29)27-30-26(31-37-27)22-6-4-5-21-20(16-32(3)25(21)22)11-14-33-12-9-18(10-13-33)28(34)35/h4-5,7-8,15-18,22H,6,9-14H2,1-3H3,(H,34,35). The van der Waals surface area contributed by atoms with Gasteiger partial charge in [-0.3, -0.25) is 4.79 Å². The summed E-state index contributed by atoms with van der Waals surface area (Å²) < 4.78 is 13.6. The normalized spacial score (nSPS) is 18.4. The van der Waals surface area contributed by atoms with Crippen LogP contribution in [0.5, 0.6) is 5.75 Å². The molecule has 37 heavy (non-hydrogen) atoms. The van der Waals surface area contributed by atoms with Gasteiger partial charge in [0.25, 0.3) is 5.89 Å². The second-order valence-corrected chi connectivity index (χ2v) is 10.6. The van der Waals surface area contributed by atoms with Crippen molar-refractivity contribution >= 4 is 23.6 Å². The van der Waals surface area contributed by atoms with E-state index in [1.807, 2.05) is 26.0 Å². The van der Waals surface area contributed by atoms with Gasteiger partial charge in [-0.25, -0.2) is 0 Å². The number of carboxylic acid groups (broad SMARTS) is 1. The highest BCUT2D eigenvalue weighted by Crippen LogP contribution is 2.38. The number of rotatable bonds is 8. The van der Waals surface area contributed by atoms with E-state index in [1.54, 1.807) is 6.07 Å². The van der Waals surface area contributed by atoms with E-state index in [0.717, 1.165) is 50.9 Å². The molecule has 3 aromatic rings. The van der Waals surface area contributed by atoms with Crippen molar-refractivity contribution in [3.8, 4) is 17.2 Å². The number of ether oxygens (including phenoxy) is 1. The molecule has 8 nitrogen and oxygen atoms in total. The van der Waals surface area contributed by atoms with Crippen molar-refractivity contribution in [2.75, 3.05) is 19.6 Å². The number of hydrogen-bond donors (Lipinski definition) is 1. The summed E-state index contributed by atoms with van der Waals surface area (Å²) in [5.74, 6) is 0.849. The van der Waals surface area contributed by atoms with Gasteiger partial charge in [0.15, 0.2) is 5.82 Å². The van der Waals surface area contributed by atoms with Crippen molar-refractivity contribution in [2.24, 2.45) is 13.0 Å². The summed E-state index contributed by atoms with van der Waals surface area (Å²) in [6.45, 7) is 6.52. The summed E-state index contributed by atoms with van der Waals surface area (Å²) in [7, 11) is 2.07. The second-order valence-electron chi connectivity index (χ2n) is 10.2. The van der Waals surface area contributed by atoms with Gasteiger partial charge in [0, 0.05) is 31.0 Å². The first-order valence-electron chi connectivity index (χ1n) is 12.9. The van der Waals surface area contributed by atoms with Gasteiger partial charge < -0.3 is 23.8 Å². The molecule has 5 rings (SSSR count). The number of carbonyl (C=O) groups is 1. The van der Waals surface area contributed by atoms with Crippen LogP contribution in [0.1, 0.15) is 61.7 Å². The maximum Gasteiger partial charge on any atom is 0.306 e. The molecule has 1 aliphatic heterocycles. The summed E-state index contributed by atoms with van der Waals surface area (Å²) in [5, 5.41) is 14.1. The van der Waals surface area contributed by atoms with Crippen LogP contribution in [0.4, 0.5) is 0 Å². The molecule has 1 fully saturated rings. The first kappa shape index (κ1) is 25.5. The lowest BCUT2D eigenvalue weighted by Crippen LogP contribution is -2.37. The van der Waals surface area contributed by atoms with Gasteiger partial charge in [0.05, 0.1) is 23.0 Å². The fourth-order valence-corrected chi connectivity index (χ4v) is 5.60. The molecule has 0 saturated carbocycles. The lowest BCUT2D eigenvalue weighted by Gasteiger charge is -2.30. The van der Waals surface area contributed by atoms with Crippen LogP contribution in [-0.4, -0.2) is 56.4 Å². The quantitative estimate of drug-likeness (QED) is 0.421. The van der Waals surface area contributed by atoms with Crippen molar-refractivity contribution in [2.45, 2.75) is 51.6 Å². The Bertz CT molecular complexity index is 1300. The molecule has 1 saturated heterocycles. The Morgan fingerprint density at radius 1 is 1.30 bits per heavy atom. The van der Waals surface area contributed by atoms with Crippen LogP contribution in [-0.2, 0) is 18.3 Å². The molecule has 0 radical (unpaired) electrons. The van der Waals surface area contributed by atoms with Crippen molar-refractivity contribution < 1.29 is 19.2 Å². The molecule has 1 atom stereocenters. The number of hydrogen-bond acceptors (Lipinski definition) is 6. The van der Waals surface area contributed by atoms with Crippen LogP contribution >= 0.6 is 11.6 Å². The summed E-state index contributed by atoms with van der Waals surface area (Å²) >= 11 is 6.42. The summed E-state index contributed by atoms with van der Waals surface area (Å²) in [4.78, 5) is 18.4. The number of aromatic nitrogens is 3. The fourth-order valence-electron chi connectivity index (χ4n) is 5.37. The second kappa shape index (κ2) is 10.7. The molecule has 196 valence electrons. The molecular weight excluding hydrogens is 492 g/mol. The third-order valence-electron chi connectivity index (χ3n) is 7.27. The first-order chi connectivity index (χ1) is 17.8. The Balaban J connectivity index is 1.31.